The van der Waals surface area contributed by atoms with Crippen molar-refractivity contribution in [3.05, 3.63) is 0 Å². The molecule has 0 aliphatic carbocycles. The largest absolute Gasteiger partial charge is 0.523 e. The standard InChI is InChI=1S/C17H35F3O6SSi2/c1-14(2,3)29(15(4,5)6)24-12-16(7,26-28(8,9)10)13(25-29)11-23-27(21,22)17(18,19)20/h13H,11-12H2,1-10H3/t13-,16-/m0/s1. The van der Waals surface area contributed by atoms with Crippen molar-refractivity contribution in [2.75, 3.05) is 13.2 Å². The van der Waals surface area contributed by atoms with Crippen molar-refractivity contribution < 1.29 is 39.1 Å². The molecule has 6 nitrogen and oxygen atoms in total. The van der Waals surface area contributed by atoms with Gasteiger partial charge in [0.05, 0.1) is 13.2 Å². The molecule has 1 heterocycles. The van der Waals surface area contributed by atoms with Crippen LogP contribution in [0, 0.1) is 0 Å². The van der Waals surface area contributed by atoms with Gasteiger partial charge in [-0.3, -0.25) is 4.18 Å². The van der Waals surface area contributed by atoms with Crippen LogP contribution in [0.1, 0.15) is 48.5 Å². The number of rotatable bonds is 5. The predicted octanol–water partition coefficient (Wildman–Crippen LogP) is 4.92. The zero-order chi connectivity index (χ0) is 23.3. The Morgan fingerprint density at radius 1 is 1.07 bits per heavy atom. The molecule has 29 heavy (non-hydrogen) atoms. The summed E-state index contributed by atoms with van der Waals surface area (Å²) in [6.07, 6.45) is -1.04. The fourth-order valence-corrected chi connectivity index (χ4v) is 11.0. The molecule has 0 amide bonds. The van der Waals surface area contributed by atoms with Crippen LogP contribution in [0.4, 0.5) is 13.2 Å². The van der Waals surface area contributed by atoms with Gasteiger partial charge in [-0.15, -0.1) is 0 Å². The van der Waals surface area contributed by atoms with Gasteiger partial charge in [0, 0.05) is 10.1 Å². The highest BCUT2D eigenvalue weighted by Crippen LogP contribution is 2.55. The Morgan fingerprint density at radius 3 is 1.86 bits per heavy atom. The molecule has 0 aromatic carbocycles. The van der Waals surface area contributed by atoms with Gasteiger partial charge in [0.2, 0.25) is 0 Å². The van der Waals surface area contributed by atoms with Gasteiger partial charge in [-0.25, -0.2) is 0 Å². The summed E-state index contributed by atoms with van der Waals surface area (Å²) in [5.74, 6) is 0. The van der Waals surface area contributed by atoms with Crippen molar-refractivity contribution in [1.82, 2.24) is 0 Å². The third kappa shape index (κ3) is 5.83. The zero-order valence-corrected chi connectivity index (χ0v) is 21.8. The minimum atomic E-state index is -5.75. The van der Waals surface area contributed by atoms with E-state index in [2.05, 4.69) is 4.18 Å². The average Bonchev–Trinajstić information content (AvgIpc) is 2.40. The molecular weight excluding hydrogens is 445 g/mol. The first-order valence-corrected chi connectivity index (χ1v) is 16.1. The van der Waals surface area contributed by atoms with Gasteiger partial charge in [0.15, 0.2) is 8.32 Å². The molecule has 0 spiro atoms. The van der Waals surface area contributed by atoms with Crippen LogP contribution in [0.15, 0.2) is 0 Å². The van der Waals surface area contributed by atoms with E-state index in [1.54, 1.807) is 6.92 Å². The van der Waals surface area contributed by atoms with Gasteiger partial charge in [0.25, 0.3) is 0 Å². The number of alkyl halides is 3. The molecule has 12 heteroatoms. The molecule has 1 saturated heterocycles. The maximum atomic E-state index is 12.8. The molecule has 1 aliphatic heterocycles. The Balaban J connectivity index is 3.38. The van der Waals surface area contributed by atoms with Gasteiger partial charge < -0.3 is 13.3 Å². The van der Waals surface area contributed by atoms with Crippen LogP contribution < -0.4 is 0 Å². The predicted molar refractivity (Wildman–Crippen MR) is 110 cm³/mol. The van der Waals surface area contributed by atoms with Crippen LogP contribution in [0.5, 0.6) is 0 Å². The van der Waals surface area contributed by atoms with Crippen LogP contribution in [0.3, 0.4) is 0 Å². The van der Waals surface area contributed by atoms with Crippen molar-refractivity contribution in [2.45, 2.75) is 95.4 Å². The lowest BCUT2D eigenvalue weighted by atomic mass is 10.0. The first kappa shape index (κ1) is 27.0. The number of hydrogen-bond donors (Lipinski definition) is 0. The Morgan fingerprint density at radius 2 is 1.52 bits per heavy atom. The minimum absolute atomic E-state index is 0.0815. The Hall–Kier alpha value is 0.0138. The highest BCUT2D eigenvalue weighted by atomic mass is 32.2. The van der Waals surface area contributed by atoms with Crippen LogP contribution in [0.2, 0.25) is 29.7 Å². The SMILES string of the molecule is CC(C)(C)[Si]1(C(C)(C)C)OC[C@](C)(O[Si](C)(C)C)[C@H](COS(=O)(=O)C(F)(F)F)O1. The van der Waals surface area contributed by atoms with Crippen molar-refractivity contribution >= 4 is 27.0 Å². The van der Waals surface area contributed by atoms with E-state index in [1.807, 2.05) is 61.2 Å². The lowest BCUT2D eigenvalue weighted by Gasteiger charge is -2.58. The van der Waals surface area contributed by atoms with E-state index in [1.165, 1.54) is 0 Å². The van der Waals surface area contributed by atoms with Crippen molar-refractivity contribution in [2.24, 2.45) is 0 Å². The molecule has 0 radical (unpaired) electrons. The average molecular weight is 481 g/mol. The molecule has 0 bridgehead atoms. The van der Waals surface area contributed by atoms with Gasteiger partial charge >= 0.3 is 24.2 Å². The van der Waals surface area contributed by atoms with Crippen molar-refractivity contribution in [1.29, 1.82) is 0 Å². The van der Waals surface area contributed by atoms with E-state index in [0.29, 0.717) is 0 Å². The quantitative estimate of drug-likeness (QED) is 0.316. The number of hydrogen-bond acceptors (Lipinski definition) is 6. The maximum absolute atomic E-state index is 12.8. The van der Waals surface area contributed by atoms with Gasteiger partial charge in [-0.1, -0.05) is 41.5 Å². The molecule has 174 valence electrons. The molecule has 0 saturated carbocycles. The highest BCUT2D eigenvalue weighted by molar-refractivity contribution is 7.87. The van der Waals surface area contributed by atoms with Crippen molar-refractivity contribution in [3.63, 3.8) is 0 Å². The van der Waals surface area contributed by atoms with E-state index in [0.717, 1.165) is 0 Å². The van der Waals surface area contributed by atoms with Gasteiger partial charge in [0.1, 0.15) is 11.7 Å². The second-order valence-corrected chi connectivity index (χ2v) is 21.5. The summed E-state index contributed by atoms with van der Waals surface area (Å²) < 4.78 is 84.7. The first-order valence-electron chi connectivity index (χ1n) is 9.45. The minimum Gasteiger partial charge on any atom is -0.407 e. The molecule has 0 aromatic rings. The monoisotopic (exact) mass is 480 g/mol. The van der Waals surface area contributed by atoms with Crippen molar-refractivity contribution in [3.8, 4) is 0 Å². The number of halogens is 3. The van der Waals surface area contributed by atoms with E-state index in [9.17, 15) is 21.6 Å². The summed E-state index contributed by atoms with van der Waals surface area (Å²) in [5.41, 5.74) is -6.64. The van der Waals surface area contributed by atoms with Crippen LogP contribution in [-0.2, 0) is 27.6 Å². The van der Waals surface area contributed by atoms with Gasteiger partial charge in [-0.2, -0.15) is 21.6 Å². The molecule has 0 aromatic heterocycles. The Kier molecular flexibility index (Phi) is 7.33. The summed E-state index contributed by atoms with van der Waals surface area (Å²) in [5, 5.41) is -0.875. The second-order valence-electron chi connectivity index (χ2n) is 10.7. The van der Waals surface area contributed by atoms with Crippen LogP contribution >= 0.6 is 0 Å². The van der Waals surface area contributed by atoms with E-state index >= 15 is 0 Å². The molecular formula is C17H35F3O6SSi2. The topological polar surface area (TPSA) is 71.1 Å². The fraction of sp³-hybridized carbons (Fsp3) is 1.00. The fourth-order valence-electron chi connectivity index (χ4n) is 3.83. The first-order chi connectivity index (χ1) is 12.5. The molecule has 1 rings (SSSR count). The third-order valence-corrected chi connectivity index (χ3v) is 11.9. The summed E-state index contributed by atoms with van der Waals surface area (Å²) >= 11 is 0. The zero-order valence-electron chi connectivity index (χ0n) is 19.0. The van der Waals surface area contributed by atoms with E-state index < -0.39 is 60.9 Å². The van der Waals surface area contributed by atoms with E-state index in [4.69, 9.17) is 13.3 Å². The Labute approximate surface area is 174 Å². The summed E-state index contributed by atoms with van der Waals surface area (Å²) in [7, 11) is -11.0. The molecule has 0 unspecified atom stereocenters. The van der Waals surface area contributed by atoms with E-state index in [-0.39, 0.29) is 6.61 Å². The summed E-state index contributed by atoms with van der Waals surface area (Å²) in [6, 6.07) is 0. The smallest absolute Gasteiger partial charge is 0.407 e. The molecule has 0 N–H and O–H groups in total. The normalized spacial score (nSPS) is 27.1. The van der Waals surface area contributed by atoms with Gasteiger partial charge in [-0.05, 0) is 26.6 Å². The molecule has 1 aliphatic rings. The summed E-state index contributed by atoms with van der Waals surface area (Å²) in [6.45, 7) is 18.5. The molecule has 1 fully saturated rings. The lowest BCUT2D eigenvalue weighted by molar-refractivity contribution is -0.139. The lowest BCUT2D eigenvalue weighted by Crippen LogP contribution is -2.70. The summed E-state index contributed by atoms with van der Waals surface area (Å²) in [4.78, 5) is 0. The maximum Gasteiger partial charge on any atom is 0.523 e. The second kappa shape index (κ2) is 7.86. The van der Waals surface area contributed by atoms with Crippen LogP contribution in [-0.4, -0.2) is 55.7 Å². The van der Waals surface area contributed by atoms with Crippen LogP contribution in [0.25, 0.3) is 0 Å². The third-order valence-electron chi connectivity index (χ3n) is 4.72. The Bertz CT molecular complexity index is 678. The molecule has 2 atom stereocenters. The highest BCUT2D eigenvalue weighted by Gasteiger charge is 2.64.